The predicted molar refractivity (Wildman–Crippen MR) is 92.0 cm³/mol. The largest absolute Gasteiger partial charge is 0.339 e. The molecule has 1 saturated carbocycles. The van der Waals surface area contributed by atoms with Crippen molar-refractivity contribution >= 4 is 5.91 Å². The molecule has 1 aromatic carbocycles. The van der Waals surface area contributed by atoms with E-state index in [1.165, 1.54) is 24.8 Å². The molecule has 0 unspecified atom stereocenters. The SMILES string of the molecule is Cc1cccc(-n2ncc(C(=O)N(C)C3CCCCC3)c2C)c1. The van der Waals surface area contributed by atoms with Crippen LogP contribution in [0.1, 0.15) is 53.7 Å². The minimum absolute atomic E-state index is 0.0910. The highest BCUT2D eigenvalue weighted by molar-refractivity contribution is 5.95. The molecule has 0 atom stereocenters. The fourth-order valence-corrected chi connectivity index (χ4v) is 3.46. The van der Waals surface area contributed by atoms with E-state index in [0.717, 1.165) is 24.2 Å². The number of carbonyl (C=O) groups is 1. The smallest absolute Gasteiger partial charge is 0.257 e. The van der Waals surface area contributed by atoms with E-state index in [4.69, 9.17) is 0 Å². The van der Waals surface area contributed by atoms with Crippen molar-refractivity contribution in [1.82, 2.24) is 14.7 Å². The lowest BCUT2D eigenvalue weighted by Crippen LogP contribution is -2.38. The van der Waals surface area contributed by atoms with Crippen LogP contribution in [0.25, 0.3) is 5.69 Å². The Hall–Kier alpha value is -2.10. The lowest BCUT2D eigenvalue weighted by Gasteiger charge is -2.31. The molecule has 0 N–H and O–H groups in total. The van der Waals surface area contributed by atoms with Gasteiger partial charge in [0.1, 0.15) is 0 Å². The summed E-state index contributed by atoms with van der Waals surface area (Å²) in [7, 11) is 1.93. The highest BCUT2D eigenvalue weighted by Gasteiger charge is 2.25. The number of nitrogens with zero attached hydrogens (tertiary/aromatic N) is 3. The molecule has 1 fully saturated rings. The molecule has 4 nitrogen and oxygen atoms in total. The standard InChI is InChI=1S/C19H25N3O/c1-14-8-7-11-17(12-14)22-15(2)18(13-20-22)19(23)21(3)16-9-5-4-6-10-16/h7-8,11-13,16H,4-6,9-10H2,1-3H3. The van der Waals surface area contributed by atoms with Crippen LogP contribution >= 0.6 is 0 Å². The summed E-state index contributed by atoms with van der Waals surface area (Å²) in [6.45, 7) is 4.03. The maximum absolute atomic E-state index is 12.8. The molecule has 122 valence electrons. The predicted octanol–water partition coefficient (Wildman–Crippen LogP) is 3.89. The molecule has 1 heterocycles. The Labute approximate surface area is 138 Å². The summed E-state index contributed by atoms with van der Waals surface area (Å²) in [4.78, 5) is 14.8. The topological polar surface area (TPSA) is 38.1 Å². The van der Waals surface area contributed by atoms with Crippen LogP contribution in [0.2, 0.25) is 0 Å². The third-order valence-electron chi connectivity index (χ3n) is 4.93. The second-order valence-electron chi connectivity index (χ2n) is 6.60. The minimum atomic E-state index is 0.0910. The summed E-state index contributed by atoms with van der Waals surface area (Å²) in [6.07, 6.45) is 7.69. The molecular weight excluding hydrogens is 286 g/mol. The molecule has 1 aliphatic rings. The molecule has 3 rings (SSSR count). The number of hydrogen-bond acceptors (Lipinski definition) is 2. The lowest BCUT2D eigenvalue weighted by atomic mass is 9.94. The molecular formula is C19H25N3O. The summed E-state index contributed by atoms with van der Waals surface area (Å²) >= 11 is 0. The molecule has 0 bridgehead atoms. The maximum atomic E-state index is 12.8. The average molecular weight is 311 g/mol. The van der Waals surface area contributed by atoms with Gasteiger partial charge >= 0.3 is 0 Å². The zero-order valence-electron chi connectivity index (χ0n) is 14.2. The van der Waals surface area contributed by atoms with Crippen LogP contribution in [0, 0.1) is 13.8 Å². The lowest BCUT2D eigenvalue weighted by molar-refractivity contribution is 0.0695. The van der Waals surface area contributed by atoms with Gasteiger partial charge < -0.3 is 4.90 Å². The zero-order valence-corrected chi connectivity index (χ0v) is 14.2. The third-order valence-corrected chi connectivity index (χ3v) is 4.93. The number of benzene rings is 1. The van der Waals surface area contributed by atoms with Crippen molar-refractivity contribution in [3.05, 3.63) is 47.3 Å². The third kappa shape index (κ3) is 3.16. The first-order chi connectivity index (χ1) is 11.1. The van der Waals surface area contributed by atoms with E-state index in [9.17, 15) is 4.79 Å². The van der Waals surface area contributed by atoms with E-state index in [1.807, 2.05) is 35.7 Å². The number of carbonyl (C=O) groups excluding carboxylic acids is 1. The van der Waals surface area contributed by atoms with E-state index in [1.54, 1.807) is 6.20 Å². The van der Waals surface area contributed by atoms with Crippen molar-refractivity contribution in [2.45, 2.75) is 52.0 Å². The highest BCUT2D eigenvalue weighted by atomic mass is 16.2. The Kier molecular flexibility index (Phi) is 4.51. The summed E-state index contributed by atoms with van der Waals surface area (Å²) in [5, 5.41) is 4.44. The van der Waals surface area contributed by atoms with E-state index in [0.29, 0.717) is 11.6 Å². The highest BCUT2D eigenvalue weighted by Crippen LogP contribution is 2.24. The molecule has 1 aromatic heterocycles. The monoisotopic (exact) mass is 311 g/mol. The number of amides is 1. The van der Waals surface area contributed by atoms with E-state index in [2.05, 4.69) is 24.2 Å². The van der Waals surface area contributed by atoms with Crippen molar-refractivity contribution in [3.8, 4) is 5.69 Å². The first-order valence-corrected chi connectivity index (χ1v) is 8.47. The van der Waals surface area contributed by atoms with Crippen LogP contribution in [0.15, 0.2) is 30.5 Å². The summed E-state index contributed by atoms with van der Waals surface area (Å²) in [5.41, 5.74) is 3.80. The van der Waals surface area contributed by atoms with Crippen LogP contribution in [0.4, 0.5) is 0 Å². The first-order valence-electron chi connectivity index (χ1n) is 8.47. The summed E-state index contributed by atoms with van der Waals surface area (Å²) < 4.78 is 1.86. The van der Waals surface area contributed by atoms with Crippen molar-refractivity contribution in [1.29, 1.82) is 0 Å². The van der Waals surface area contributed by atoms with Gasteiger partial charge in [0, 0.05) is 13.1 Å². The van der Waals surface area contributed by atoms with Crippen LogP contribution < -0.4 is 0 Å². The van der Waals surface area contributed by atoms with Gasteiger partial charge in [-0.15, -0.1) is 0 Å². The number of rotatable bonds is 3. The zero-order chi connectivity index (χ0) is 16.4. The van der Waals surface area contributed by atoms with E-state index >= 15 is 0 Å². The average Bonchev–Trinajstić information content (AvgIpc) is 2.96. The maximum Gasteiger partial charge on any atom is 0.257 e. The Morgan fingerprint density at radius 1 is 1.22 bits per heavy atom. The fourth-order valence-electron chi connectivity index (χ4n) is 3.46. The number of aromatic nitrogens is 2. The Morgan fingerprint density at radius 2 is 1.96 bits per heavy atom. The molecule has 1 aliphatic carbocycles. The second kappa shape index (κ2) is 6.57. The fraction of sp³-hybridized carbons (Fsp3) is 0.474. The molecule has 2 aromatic rings. The minimum Gasteiger partial charge on any atom is -0.339 e. The van der Waals surface area contributed by atoms with Gasteiger partial charge in [-0.1, -0.05) is 31.4 Å². The van der Waals surface area contributed by atoms with Crippen molar-refractivity contribution in [2.75, 3.05) is 7.05 Å². The van der Waals surface area contributed by atoms with Crippen LogP contribution in [-0.4, -0.2) is 33.7 Å². The second-order valence-corrected chi connectivity index (χ2v) is 6.60. The normalized spacial score (nSPS) is 15.6. The van der Waals surface area contributed by atoms with Crippen LogP contribution in [0.5, 0.6) is 0 Å². The Balaban J connectivity index is 1.85. The number of hydrogen-bond donors (Lipinski definition) is 0. The molecule has 0 radical (unpaired) electrons. The van der Waals surface area contributed by atoms with Gasteiger partial charge in [0.25, 0.3) is 5.91 Å². The van der Waals surface area contributed by atoms with Gasteiger partial charge in [-0.2, -0.15) is 5.10 Å². The molecule has 0 saturated heterocycles. The number of aryl methyl sites for hydroxylation is 1. The van der Waals surface area contributed by atoms with E-state index < -0.39 is 0 Å². The van der Waals surface area contributed by atoms with Gasteiger partial charge in [-0.25, -0.2) is 4.68 Å². The molecule has 0 spiro atoms. The van der Waals surface area contributed by atoms with Gasteiger partial charge in [0.15, 0.2) is 0 Å². The molecule has 23 heavy (non-hydrogen) atoms. The Morgan fingerprint density at radius 3 is 2.65 bits per heavy atom. The van der Waals surface area contributed by atoms with Gasteiger partial charge in [-0.3, -0.25) is 4.79 Å². The van der Waals surface area contributed by atoms with Crippen LogP contribution in [0.3, 0.4) is 0 Å². The van der Waals surface area contributed by atoms with Crippen molar-refractivity contribution in [2.24, 2.45) is 0 Å². The van der Waals surface area contributed by atoms with E-state index in [-0.39, 0.29) is 5.91 Å². The molecule has 0 aliphatic heterocycles. The molecule has 4 heteroatoms. The summed E-state index contributed by atoms with van der Waals surface area (Å²) in [6, 6.07) is 8.55. The molecule has 1 amide bonds. The van der Waals surface area contributed by atoms with Crippen molar-refractivity contribution < 1.29 is 4.79 Å². The van der Waals surface area contributed by atoms with Crippen molar-refractivity contribution in [3.63, 3.8) is 0 Å². The van der Waals surface area contributed by atoms with Gasteiger partial charge in [-0.05, 0) is 44.4 Å². The van der Waals surface area contributed by atoms with Gasteiger partial charge in [0.2, 0.25) is 0 Å². The van der Waals surface area contributed by atoms with Crippen LogP contribution in [-0.2, 0) is 0 Å². The Bertz CT molecular complexity index is 698. The first kappa shape index (κ1) is 15.8. The summed E-state index contributed by atoms with van der Waals surface area (Å²) in [5.74, 6) is 0.0910. The van der Waals surface area contributed by atoms with Gasteiger partial charge in [0.05, 0.1) is 23.1 Å². The quantitative estimate of drug-likeness (QED) is 0.862.